The Kier molecular flexibility index (Phi) is 35.6. The van der Waals surface area contributed by atoms with Gasteiger partial charge in [-0.3, -0.25) is 57.4 Å². The standard InChI is InChI=1S/C29H28Cl2N4O4.C22H22ClN3O4.C21H20Cl2N4O3.C14H15ClN2O2.C7H9NO2/c1-16(2)25-26(27(36)20-9-17(3)10-21(30)13-20)35(29(38)34-28(25)37)15-19-11-23(31)33-24(12-19)32-14-18-5-7-22(39-4)8-6-18;1-12(2)18-19(20(27)15-7-13(3)8-16(23)10-15)26(22(29)25-21(18)28)11-14-5-6-24-17(9-14)30-4;1-10(2)17-18(19(28)13-4-11(3)5-14(22)8-13)27(21(30)26-20(17)29)9-12-6-15(23)25-16(24)7-12;1-19-12-4-2-10(3-5-12)8-16-14-7-11(9-18)6-13(15)17-14;1-10-7-4-6(5-9)2-3-8-7/h5-13,16H,14-15H2,1-4H3,(H,32,33)(H,34,37,38);5-10,12H,11H2,1-4H3,(H,25,28,29);4-8,10H,9H2,1-3H3,(H2,24,25)(H,26,29,30);2-7,18H,8-9H2,1H3,(H,16,17);2-4,9H,5H2,1H3. The fourth-order valence-electron chi connectivity index (χ4n) is 13.4. The van der Waals surface area contributed by atoms with Crippen molar-refractivity contribution in [1.29, 1.82) is 0 Å². The van der Waals surface area contributed by atoms with E-state index in [2.05, 4.69) is 50.5 Å². The number of nitrogens with zero attached hydrogens (tertiary/aromatic N) is 8. The van der Waals surface area contributed by atoms with Gasteiger partial charge in [-0.15, -0.1) is 0 Å². The summed E-state index contributed by atoms with van der Waals surface area (Å²) in [6, 6.07) is 46.8. The fourth-order valence-corrected chi connectivity index (χ4v) is 15.0. The van der Waals surface area contributed by atoms with Gasteiger partial charge >= 0.3 is 17.1 Å². The van der Waals surface area contributed by atoms with Gasteiger partial charge in [0.2, 0.25) is 29.1 Å². The van der Waals surface area contributed by atoms with Crippen molar-refractivity contribution in [2.45, 2.75) is 126 Å². The average Bonchev–Trinajstić information content (AvgIpc) is 0.776. The molecule has 0 aliphatic heterocycles. The van der Waals surface area contributed by atoms with Crippen molar-refractivity contribution in [3.8, 4) is 23.3 Å². The van der Waals surface area contributed by atoms with E-state index in [1.165, 1.54) is 39.0 Å². The highest BCUT2D eigenvalue weighted by molar-refractivity contribution is 6.32. The Labute approximate surface area is 765 Å². The lowest BCUT2D eigenvalue weighted by Gasteiger charge is -2.18. The third-order valence-corrected chi connectivity index (χ3v) is 20.5. The second-order valence-electron chi connectivity index (χ2n) is 30.0. The Bertz CT molecular complexity index is 6470. The lowest BCUT2D eigenvalue weighted by atomic mass is 9.96. The van der Waals surface area contributed by atoms with Gasteiger partial charge in [0.05, 0.1) is 61.3 Å². The van der Waals surface area contributed by atoms with Crippen LogP contribution in [0.25, 0.3) is 0 Å². The number of methoxy groups -OCH3 is 4. The van der Waals surface area contributed by atoms with Gasteiger partial charge < -0.3 is 45.5 Å². The van der Waals surface area contributed by atoms with Gasteiger partial charge in [-0.1, -0.05) is 135 Å². The number of aliphatic hydroxyl groups excluding tert-OH is 2. The summed E-state index contributed by atoms with van der Waals surface area (Å²) in [6.07, 6.45) is 3.15. The zero-order valence-electron chi connectivity index (χ0n) is 72.0. The van der Waals surface area contributed by atoms with Crippen LogP contribution in [0.2, 0.25) is 30.5 Å². The fraction of sp³-hybridized carbons (Fsp3) is 0.247. The third-order valence-electron chi connectivity index (χ3n) is 19.2. The van der Waals surface area contributed by atoms with E-state index in [-0.39, 0.29) is 112 Å². The number of aromatic nitrogens is 11. The van der Waals surface area contributed by atoms with Crippen LogP contribution in [0.1, 0.15) is 180 Å². The number of ether oxygens (including phenoxy) is 4. The molecule has 0 saturated carbocycles. The van der Waals surface area contributed by atoms with Crippen LogP contribution >= 0.6 is 69.6 Å². The van der Waals surface area contributed by atoms with Gasteiger partial charge in [-0.05, 0) is 222 Å². The largest absolute Gasteiger partial charge is 0.497 e. The Morgan fingerprint density at radius 1 is 0.391 bits per heavy atom. The van der Waals surface area contributed by atoms with Crippen molar-refractivity contribution in [2.75, 3.05) is 44.8 Å². The number of aromatic amines is 3. The van der Waals surface area contributed by atoms with E-state index in [4.69, 9.17) is 104 Å². The first-order valence-corrected chi connectivity index (χ1v) is 41.9. The van der Waals surface area contributed by atoms with Crippen molar-refractivity contribution in [3.63, 3.8) is 0 Å². The molecule has 0 aliphatic carbocycles. The van der Waals surface area contributed by atoms with Crippen molar-refractivity contribution >= 4 is 104 Å². The predicted octanol–water partition coefficient (Wildman–Crippen LogP) is 15.8. The summed E-state index contributed by atoms with van der Waals surface area (Å²) in [5.74, 6) is 1.51. The number of aryl methyl sites for hydroxylation is 3. The Morgan fingerprint density at radius 2 is 0.711 bits per heavy atom. The molecule has 0 aliphatic rings. The van der Waals surface area contributed by atoms with Gasteiger partial charge in [0.15, 0.2) is 0 Å². The SMILES string of the molecule is COc1cc(CO)ccn1.COc1cc(Cn2c(C(=O)c3cc(C)cc(Cl)c3)c(C(C)C)c(=O)[nH]c2=O)ccn1.COc1ccc(CNc2cc(CO)cc(Cl)n2)cc1.COc1ccc(CNc2cc(Cn3c(C(=O)c4cc(C)cc(Cl)c4)c(C(C)C)c(=O)[nH]c3=O)cc(Cl)n2)cc1.Cc1cc(Cl)cc(C(=O)c2c(C(C)C)c(=O)[nH]c(=O)n2Cc2cc(N)nc(Cl)c2)c1. The van der Waals surface area contributed by atoms with Crippen LogP contribution in [0.15, 0.2) is 205 Å². The van der Waals surface area contributed by atoms with Crippen LogP contribution in [-0.2, 0) is 45.9 Å². The molecule has 668 valence electrons. The van der Waals surface area contributed by atoms with Gasteiger partial charge in [0, 0.05) is 86.1 Å². The summed E-state index contributed by atoms with van der Waals surface area (Å²) in [7, 11) is 6.28. The maximum atomic E-state index is 13.8. The Hall–Kier alpha value is -12.8. The van der Waals surface area contributed by atoms with E-state index in [1.807, 2.05) is 62.4 Å². The van der Waals surface area contributed by atoms with Crippen LogP contribution in [0.4, 0.5) is 17.5 Å². The van der Waals surface area contributed by atoms with E-state index in [9.17, 15) is 43.2 Å². The monoisotopic (exact) mass is 1860 g/mol. The molecule has 0 fully saturated rings. The Morgan fingerprint density at radius 3 is 1.04 bits per heavy atom. The number of carbonyl (C=O) groups is 3. The number of hydrogen-bond acceptors (Lipinski definition) is 23. The molecule has 8 aromatic heterocycles. The highest BCUT2D eigenvalue weighted by Crippen LogP contribution is 2.29. The van der Waals surface area contributed by atoms with Gasteiger partial charge in [0.1, 0.15) is 61.5 Å². The number of nitrogen functional groups attached to an aromatic ring is 1. The second kappa shape index (κ2) is 46.1. The molecule has 8 heterocycles. The summed E-state index contributed by atoms with van der Waals surface area (Å²) in [4.78, 5) is 145. The molecule has 5 aromatic carbocycles. The van der Waals surface area contributed by atoms with E-state index in [0.717, 1.165) is 50.4 Å². The molecule has 9 N–H and O–H groups in total. The highest BCUT2D eigenvalue weighted by atomic mass is 35.5. The van der Waals surface area contributed by atoms with Crippen LogP contribution < -0.4 is 69.1 Å². The van der Waals surface area contributed by atoms with Crippen LogP contribution in [-0.4, -0.2) is 110 Å². The first kappa shape index (κ1) is 98.9. The highest BCUT2D eigenvalue weighted by Gasteiger charge is 2.29. The van der Waals surface area contributed by atoms with E-state index >= 15 is 0 Å². The van der Waals surface area contributed by atoms with Crippen molar-refractivity contribution in [1.82, 2.24) is 53.6 Å². The Balaban J connectivity index is 0.000000189. The molecule has 29 nitrogen and oxygen atoms in total. The number of nitrogens with one attached hydrogen (secondary N) is 5. The summed E-state index contributed by atoms with van der Waals surface area (Å²) >= 11 is 36.7. The lowest BCUT2D eigenvalue weighted by molar-refractivity contribution is 0.101. The molecule has 13 aromatic rings. The average molecular weight is 1860 g/mol. The summed E-state index contributed by atoms with van der Waals surface area (Å²) in [6.45, 7) is 17.3. The van der Waals surface area contributed by atoms with E-state index in [1.54, 1.807) is 179 Å². The molecule has 0 amide bonds. The van der Waals surface area contributed by atoms with Gasteiger partial charge in [-0.2, -0.15) is 0 Å². The zero-order chi connectivity index (χ0) is 93.5. The molecular formula is C93H94Cl6N14O15. The van der Waals surface area contributed by atoms with Crippen LogP contribution in [0.3, 0.4) is 0 Å². The van der Waals surface area contributed by atoms with E-state index < -0.39 is 51.1 Å². The molecule has 13 rings (SSSR count). The molecule has 0 bridgehead atoms. The minimum atomic E-state index is -0.710. The molecule has 0 spiro atoms. The maximum absolute atomic E-state index is 13.8. The number of rotatable bonds is 27. The number of hydrogen-bond donors (Lipinski definition) is 8. The minimum absolute atomic E-state index is 0.00641. The summed E-state index contributed by atoms with van der Waals surface area (Å²) in [5.41, 5.74) is 11.4. The number of pyridine rings is 5. The number of benzene rings is 5. The molecule has 0 saturated heterocycles. The first-order chi connectivity index (χ1) is 60.9. The van der Waals surface area contributed by atoms with E-state index in [0.29, 0.717) is 79.0 Å². The molecular weight excluding hydrogens is 1770 g/mol. The normalized spacial score (nSPS) is 10.8. The van der Waals surface area contributed by atoms with Crippen LogP contribution in [0, 0.1) is 20.8 Å². The number of halogens is 6. The summed E-state index contributed by atoms with van der Waals surface area (Å²) in [5, 5.41) is 26.1. The molecule has 35 heteroatoms. The zero-order valence-corrected chi connectivity index (χ0v) is 76.6. The number of carbonyl (C=O) groups excluding carboxylic acids is 3. The lowest BCUT2D eigenvalue weighted by Crippen LogP contribution is -2.38. The van der Waals surface area contributed by atoms with Crippen molar-refractivity contribution in [3.05, 3.63) is 375 Å². The van der Waals surface area contributed by atoms with Crippen molar-refractivity contribution < 1.29 is 43.5 Å². The van der Waals surface area contributed by atoms with Crippen molar-refractivity contribution in [2.24, 2.45) is 0 Å². The quantitative estimate of drug-likeness (QED) is 0.0175. The van der Waals surface area contributed by atoms with Crippen LogP contribution in [0.5, 0.6) is 23.3 Å². The molecule has 128 heavy (non-hydrogen) atoms. The van der Waals surface area contributed by atoms with Gasteiger partial charge in [0.25, 0.3) is 16.7 Å². The smallest absolute Gasteiger partial charge is 0.329 e. The molecule has 0 atom stereocenters. The minimum Gasteiger partial charge on any atom is -0.497 e. The molecule has 0 unspecified atom stereocenters. The molecule has 0 radical (unpaired) electrons. The number of H-pyrrole nitrogens is 3. The summed E-state index contributed by atoms with van der Waals surface area (Å²) < 4.78 is 24.0. The predicted molar refractivity (Wildman–Crippen MR) is 499 cm³/mol. The first-order valence-electron chi connectivity index (χ1n) is 39.7. The number of nitrogens with two attached hydrogens (primary N) is 1. The topological polar surface area (TPSA) is 408 Å². The second-order valence-corrected chi connectivity index (χ2v) is 32.5. The van der Waals surface area contributed by atoms with Gasteiger partial charge in [-0.25, -0.2) is 39.3 Å². The number of anilines is 3. The maximum Gasteiger partial charge on any atom is 0.329 e. The third kappa shape index (κ3) is 27.1. The number of aliphatic hydroxyl groups is 2. The number of ketones is 3.